The molecule has 5 nitrogen and oxygen atoms in total. The van der Waals surface area contributed by atoms with Gasteiger partial charge in [-0.15, -0.1) is 0 Å². The Balaban J connectivity index is 1.78. The van der Waals surface area contributed by atoms with Crippen LogP contribution in [0.1, 0.15) is 17.9 Å². The number of anilines is 2. The molecule has 21 heavy (non-hydrogen) atoms. The van der Waals surface area contributed by atoms with Crippen LogP contribution in [0.2, 0.25) is 0 Å². The van der Waals surface area contributed by atoms with Crippen LogP contribution in [0.5, 0.6) is 0 Å². The lowest BCUT2D eigenvalue weighted by Crippen LogP contribution is -2.13. The third-order valence-electron chi connectivity index (χ3n) is 3.71. The van der Waals surface area contributed by atoms with Gasteiger partial charge in [-0.3, -0.25) is 0 Å². The van der Waals surface area contributed by atoms with E-state index in [0.29, 0.717) is 17.3 Å². The molecular formula is C15H17N3O2S. The number of nitrogen functional groups attached to an aromatic ring is 1. The van der Waals surface area contributed by atoms with Crippen LogP contribution < -0.4 is 16.2 Å². The Bertz CT molecular complexity index is 760. The van der Waals surface area contributed by atoms with Gasteiger partial charge in [0.1, 0.15) is 0 Å². The maximum Gasteiger partial charge on any atom is 0.238 e. The molecule has 2 unspecified atom stereocenters. The van der Waals surface area contributed by atoms with Crippen molar-refractivity contribution in [2.45, 2.75) is 23.3 Å². The number of rotatable bonds is 4. The quantitative estimate of drug-likeness (QED) is 0.751. The van der Waals surface area contributed by atoms with E-state index in [9.17, 15) is 8.42 Å². The number of nitrogens with two attached hydrogens (primary N) is 2. The van der Waals surface area contributed by atoms with Gasteiger partial charge in [-0.1, -0.05) is 30.3 Å². The summed E-state index contributed by atoms with van der Waals surface area (Å²) in [6, 6.07) is 14.9. The second-order valence-electron chi connectivity index (χ2n) is 5.30. The first-order valence-electron chi connectivity index (χ1n) is 6.69. The second kappa shape index (κ2) is 5.05. The topological polar surface area (TPSA) is 98.2 Å². The highest BCUT2D eigenvalue weighted by molar-refractivity contribution is 7.89. The van der Waals surface area contributed by atoms with Gasteiger partial charge in [0.25, 0.3) is 0 Å². The SMILES string of the molecule is Nc1ccc(S(N)(=O)=O)cc1NC1CC1c1ccccc1. The number of benzene rings is 2. The van der Waals surface area contributed by atoms with E-state index in [1.165, 1.54) is 17.7 Å². The lowest BCUT2D eigenvalue weighted by molar-refractivity contribution is 0.598. The molecule has 0 aromatic heterocycles. The molecule has 5 N–H and O–H groups in total. The third-order valence-corrected chi connectivity index (χ3v) is 4.62. The van der Waals surface area contributed by atoms with Gasteiger partial charge in [-0.25, -0.2) is 13.6 Å². The molecule has 2 atom stereocenters. The summed E-state index contributed by atoms with van der Waals surface area (Å²) in [6.45, 7) is 0. The molecule has 2 aromatic rings. The number of primary sulfonamides is 1. The molecule has 0 aliphatic heterocycles. The Morgan fingerprint density at radius 2 is 1.81 bits per heavy atom. The molecule has 0 heterocycles. The van der Waals surface area contributed by atoms with E-state index in [-0.39, 0.29) is 10.9 Å². The van der Waals surface area contributed by atoms with Gasteiger partial charge in [-0.2, -0.15) is 0 Å². The fraction of sp³-hybridized carbons (Fsp3) is 0.200. The highest BCUT2D eigenvalue weighted by Crippen LogP contribution is 2.43. The van der Waals surface area contributed by atoms with Gasteiger partial charge < -0.3 is 11.1 Å². The van der Waals surface area contributed by atoms with Crippen LogP contribution in [0.25, 0.3) is 0 Å². The molecule has 2 aromatic carbocycles. The van der Waals surface area contributed by atoms with E-state index in [4.69, 9.17) is 10.9 Å². The molecule has 1 aliphatic carbocycles. The van der Waals surface area contributed by atoms with E-state index in [1.807, 2.05) is 18.2 Å². The first-order chi connectivity index (χ1) is 9.95. The zero-order chi connectivity index (χ0) is 15.0. The minimum atomic E-state index is -3.72. The average Bonchev–Trinajstić information content (AvgIpc) is 3.20. The highest BCUT2D eigenvalue weighted by Gasteiger charge is 2.38. The Morgan fingerprint density at radius 3 is 2.48 bits per heavy atom. The van der Waals surface area contributed by atoms with Gasteiger partial charge >= 0.3 is 0 Å². The number of nitrogens with one attached hydrogen (secondary N) is 1. The Labute approximate surface area is 124 Å². The molecule has 1 aliphatic rings. The summed E-state index contributed by atoms with van der Waals surface area (Å²) >= 11 is 0. The zero-order valence-corrected chi connectivity index (χ0v) is 12.2. The van der Waals surface area contributed by atoms with E-state index in [1.54, 1.807) is 6.07 Å². The lowest BCUT2D eigenvalue weighted by Gasteiger charge is -2.10. The van der Waals surface area contributed by atoms with E-state index < -0.39 is 10.0 Å². The standard InChI is InChI=1S/C15H17N3O2S/c16-13-7-6-11(21(17,19)20)8-15(13)18-14-9-12(14)10-4-2-1-3-5-10/h1-8,12,14,18H,9,16H2,(H2,17,19,20). The largest absolute Gasteiger partial charge is 0.397 e. The van der Waals surface area contributed by atoms with Crippen LogP contribution in [0, 0.1) is 0 Å². The van der Waals surface area contributed by atoms with Crippen LogP contribution in [0.3, 0.4) is 0 Å². The van der Waals surface area contributed by atoms with Crippen molar-refractivity contribution in [1.29, 1.82) is 0 Å². The van der Waals surface area contributed by atoms with Crippen LogP contribution >= 0.6 is 0 Å². The Hall–Kier alpha value is -2.05. The number of sulfonamides is 1. The molecule has 1 fully saturated rings. The summed E-state index contributed by atoms with van der Waals surface area (Å²) < 4.78 is 22.8. The molecule has 110 valence electrons. The fourth-order valence-corrected chi connectivity index (χ4v) is 3.00. The zero-order valence-electron chi connectivity index (χ0n) is 11.4. The summed E-state index contributed by atoms with van der Waals surface area (Å²) in [7, 11) is -3.72. The number of hydrogen-bond donors (Lipinski definition) is 3. The third kappa shape index (κ3) is 3.01. The first kappa shape index (κ1) is 13.9. The highest BCUT2D eigenvalue weighted by atomic mass is 32.2. The molecule has 0 radical (unpaired) electrons. The number of hydrogen-bond acceptors (Lipinski definition) is 4. The molecule has 6 heteroatoms. The predicted molar refractivity (Wildman–Crippen MR) is 83.4 cm³/mol. The van der Waals surface area contributed by atoms with Gasteiger partial charge in [0.2, 0.25) is 10.0 Å². The van der Waals surface area contributed by atoms with Crippen molar-refractivity contribution in [3.05, 3.63) is 54.1 Å². The van der Waals surface area contributed by atoms with Crippen molar-refractivity contribution in [2.75, 3.05) is 11.1 Å². The predicted octanol–water partition coefficient (Wildman–Crippen LogP) is 1.88. The van der Waals surface area contributed by atoms with Crippen LogP contribution in [0.4, 0.5) is 11.4 Å². The van der Waals surface area contributed by atoms with Crippen molar-refractivity contribution < 1.29 is 8.42 Å². The minimum Gasteiger partial charge on any atom is -0.397 e. The van der Waals surface area contributed by atoms with Crippen molar-refractivity contribution in [2.24, 2.45) is 5.14 Å². The molecule has 0 bridgehead atoms. The van der Waals surface area contributed by atoms with Crippen molar-refractivity contribution in [1.82, 2.24) is 0 Å². The average molecular weight is 303 g/mol. The lowest BCUT2D eigenvalue weighted by atomic mass is 10.1. The van der Waals surface area contributed by atoms with E-state index in [0.717, 1.165) is 6.42 Å². The first-order valence-corrected chi connectivity index (χ1v) is 8.23. The normalized spacial score (nSPS) is 21.0. The smallest absolute Gasteiger partial charge is 0.238 e. The van der Waals surface area contributed by atoms with Crippen LogP contribution in [-0.2, 0) is 10.0 Å². The van der Waals surface area contributed by atoms with Gasteiger partial charge in [0.05, 0.1) is 16.3 Å². The summed E-state index contributed by atoms with van der Waals surface area (Å²) in [5.41, 5.74) is 8.30. The molecule has 0 spiro atoms. The van der Waals surface area contributed by atoms with Gasteiger partial charge in [-0.05, 0) is 30.2 Å². The van der Waals surface area contributed by atoms with Crippen LogP contribution in [0.15, 0.2) is 53.4 Å². The molecular weight excluding hydrogens is 286 g/mol. The second-order valence-corrected chi connectivity index (χ2v) is 6.86. The van der Waals surface area contributed by atoms with Crippen molar-refractivity contribution >= 4 is 21.4 Å². The van der Waals surface area contributed by atoms with Crippen molar-refractivity contribution in [3.63, 3.8) is 0 Å². The Kier molecular flexibility index (Phi) is 3.35. The fourth-order valence-electron chi connectivity index (χ4n) is 2.46. The summed E-state index contributed by atoms with van der Waals surface area (Å²) in [6.07, 6.45) is 1.00. The maximum absolute atomic E-state index is 11.4. The van der Waals surface area contributed by atoms with Gasteiger partial charge in [0.15, 0.2) is 0 Å². The van der Waals surface area contributed by atoms with E-state index in [2.05, 4.69) is 17.4 Å². The summed E-state index contributed by atoms with van der Waals surface area (Å²) in [5, 5.41) is 8.44. The van der Waals surface area contributed by atoms with Gasteiger partial charge in [0, 0.05) is 12.0 Å². The molecule has 0 amide bonds. The minimum absolute atomic E-state index is 0.0658. The maximum atomic E-state index is 11.4. The monoisotopic (exact) mass is 303 g/mol. The van der Waals surface area contributed by atoms with Crippen molar-refractivity contribution in [3.8, 4) is 0 Å². The Morgan fingerprint density at radius 1 is 1.10 bits per heavy atom. The molecule has 3 rings (SSSR count). The van der Waals surface area contributed by atoms with Crippen LogP contribution in [-0.4, -0.2) is 14.5 Å². The summed E-state index contributed by atoms with van der Waals surface area (Å²) in [4.78, 5) is 0.0658. The molecule has 0 saturated heterocycles. The molecule has 1 saturated carbocycles. The van der Waals surface area contributed by atoms with E-state index >= 15 is 0 Å². The summed E-state index contributed by atoms with van der Waals surface area (Å²) in [5.74, 6) is 0.434.